The van der Waals surface area contributed by atoms with Crippen LogP contribution in [0, 0.1) is 5.82 Å². The van der Waals surface area contributed by atoms with E-state index in [1.54, 1.807) is 0 Å². The fourth-order valence-corrected chi connectivity index (χ4v) is 2.72. The monoisotopic (exact) mass is 302 g/mol. The SMILES string of the molecule is CCNC(=NCCc1c[nH]c2cc(F)ccc12)NC1CCC1. The molecule has 1 aliphatic carbocycles. The zero-order valence-corrected chi connectivity index (χ0v) is 13.0. The van der Waals surface area contributed by atoms with Crippen LogP contribution in [0.5, 0.6) is 0 Å². The fourth-order valence-electron chi connectivity index (χ4n) is 2.72. The molecule has 0 bridgehead atoms. The Balaban J connectivity index is 1.62. The smallest absolute Gasteiger partial charge is 0.191 e. The second-order valence-corrected chi connectivity index (χ2v) is 5.79. The summed E-state index contributed by atoms with van der Waals surface area (Å²) < 4.78 is 13.2. The molecule has 3 rings (SSSR count). The molecule has 0 radical (unpaired) electrons. The number of aromatic nitrogens is 1. The van der Waals surface area contributed by atoms with Crippen molar-refractivity contribution in [2.45, 2.75) is 38.6 Å². The number of nitrogens with one attached hydrogen (secondary N) is 3. The van der Waals surface area contributed by atoms with Crippen LogP contribution >= 0.6 is 0 Å². The van der Waals surface area contributed by atoms with Crippen molar-refractivity contribution in [3.8, 4) is 0 Å². The standard InChI is InChI=1S/C17H23FN4/c1-2-19-17(22-14-4-3-5-14)20-9-8-12-11-21-16-10-13(18)6-7-15(12)16/h6-7,10-11,14,21H,2-5,8-9H2,1H3,(H2,19,20,22). The first-order valence-corrected chi connectivity index (χ1v) is 8.06. The Bertz CT molecular complexity index is 658. The van der Waals surface area contributed by atoms with Gasteiger partial charge >= 0.3 is 0 Å². The third kappa shape index (κ3) is 3.40. The highest BCUT2D eigenvalue weighted by Gasteiger charge is 2.18. The van der Waals surface area contributed by atoms with Crippen molar-refractivity contribution in [3.63, 3.8) is 0 Å². The van der Waals surface area contributed by atoms with E-state index in [1.165, 1.54) is 37.0 Å². The second-order valence-electron chi connectivity index (χ2n) is 5.79. The molecule has 0 amide bonds. The van der Waals surface area contributed by atoms with Crippen molar-refractivity contribution in [1.29, 1.82) is 0 Å². The lowest BCUT2D eigenvalue weighted by molar-refractivity contribution is 0.380. The number of aliphatic imine (C=N–C) groups is 1. The molecular weight excluding hydrogens is 279 g/mol. The van der Waals surface area contributed by atoms with Crippen molar-refractivity contribution in [3.05, 3.63) is 35.8 Å². The Hall–Kier alpha value is -2.04. The molecule has 1 heterocycles. The maximum Gasteiger partial charge on any atom is 0.191 e. The van der Waals surface area contributed by atoms with Crippen LogP contribution in [0.2, 0.25) is 0 Å². The third-order valence-corrected chi connectivity index (χ3v) is 4.17. The normalized spacial score (nSPS) is 15.8. The number of fused-ring (bicyclic) bond motifs is 1. The van der Waals surface area contributed by atoms with Gasteiger partial charge in [0.2, 0.25) is 0 Å². The van der Waals surface area contributed by atoms with Gasteiger partial charge in [0, 0.05) is 36.2 Å². The number of rotatable bonds is 5. The molecule has 118 valence electrons. The van der Waals surface area contributed by atoms with Crippen LogP contribution < -0.4 is 10.6 Å². The fraction of sp³-hybridized carbons (Fsp3) is 0.471. The average molecular weight is 302 g/mol. The molecular formula is C17H23FN4. The number of aromatic amines is 1. The van der Waals surface area contributed by atoms with Crippen LogP contribution in [0.1, 0.15) is 31.7 Å². The number of hydrogen-bond acceptors (Lipinski definition) is 1. The molecule has 22 heavy (non-hydrogen) atoms. The molecule has 1 aliphatic rings. The molecule has 0 spiro atoms. The van der Waals surface area contributed by atoms with Gasteiger partial charge in [-0.25, -0.2) is 4.39 Å². The van der Waals surface area contributed by atoms with Crippen LogP contribution in [0.25, 0.3) is 10.9 Å². The summed E-state index contributed by atoms with van der Waals surface area (Å²) in [5.74, 6) is 0.691. The molecule has 2 aromatic rings. The first-order chi connectivity index (χ1) is 10.8. The number of guanidine groups is 1. The molecule has 3 N–H and O–H groups in total. The summed E-state index contributed by atoms with van der Waals surface area (Å²) in [5, 5.41) is 7.83. The van der Waals surface area contributed by atoms with E-state index in [-0.39, 0.29) is 5.82 Å². The van der Waals surface area contributed by atoms with Crippen molar-refractivity contribution in [1.82, 2.24) is 15.6 Å². The first-order valence-electron chi connectivity index (χ1n) is 8.06. The van der Waals surface area contributed by atoms with Gasteiger partial charge in [-0.15, -0.1) is 0 Å². The molecule has 0 unspecified atom stereocenters. The molecule has 1 aromatic carbocycles. The van der Waals surface area contributed by atoms with E-state index in [1.807, 2.05) is 12.3 Å². The predicted molar refractivity (Wildman–Crippen MR) is 88.7 cm³/mol. The van der Waals surface area contributed by atoms with Gasteiger partial charge in [-0.3, -0.25) is 4.99 Å². The highest BCUT2D eigenvalue weighted by atomic mass is 19.1. The van der Waals surface area contributed by atoms with Gasteiger partial charge in [0.25, 0.3) is 0 Å². The van der Waals surface area contributed by atoms with Crippen molar-refractivity contribution >= 4 is 16.9 Å². The number of hydrogen-bond donors (Lipinski definition) is 3. The summed E-state index contributed by atoms with van der Waals surface area (Å²) in [4.78, 5) is 7.76. The Morgan fingerprint density at radius 3 is 3.00 bits per heavy atom. The number of nitrogens with zero attached hydrogens (tertiary/aromatic N) is 1. The van der Waals surface area contributed by atoms with E-state index in [0.29, 0.717) is 12.6 Å². The number of halogens is 1. The van der Waals surface area contributed by atoms with E-state index in [9.17, 15) is 4.39 Å². The first kappa shape index (κ1) is 14.9. The van der Waals surface area contributed by atoms with Crippen LogP contribution in [-0.4, -0.2) is 30.1 Å². The molecule has 0 aliphatic heterocycles. The summed E-state index contributed by atoms with van der Waals surface area (Å²) in [5.41, 5.74) is 2.02. The number of H-pyrrole nitrogens is 1. The lowest BCUT2D eigenvalue weighted by Gasteiger charge is -2.28. The molecule has 0 saturated heterocycles. The summed E-state index contributed by atoms with van der Waals surface area (Å²) in [6.45, 7) is 3.66. The molecule has 1 saturated carbocycles. The van der Waals surface area contributed by atoms with Crippen LogP contribution in [0.15, 0.2) is 29.4 Å². The van der Waals surface area contributed by atoms with Crippen molar-refractivity contribution in [2.24, 2.45) is 4.99 Å². The van der Waals surface area contributed by atoms with Gasteiger partial charge < -0.3 is 15.6 Å². The van der Waals surface area contributed by atoms with Gasteiger partial charge in [-0.05, 0) is 56.4 Å². The molecule has 0 atom stereocenters. The number of benzene rings is 1. The van der Waals surface area contributed by atoms with Crippen molar-refractivity contribution in [2.75, 3.05) is 13.1 Å². The predicted octanol–water partition coefficient (Wildman–Crippen LogP) is 2.96. The van der Waals surface area contributed by atoms with E-state index in [0.717, 1.165) is 29.8 Å². The average Bonchev–Trinajstić information content (AvgIpc) is 2.85. The van der Waals surface area contributed by atoms with E-state index in [4.69, 9.17) is 0 Å². The largest absolute Gasteiger partial charge is 0.361 e. The Morgan fingerprint density at radius 1 is 1.41 bits per heavy atom. The minimum atomic E-state index is -0.210. The summed E-state index contributed by atoms with van der Waals surface area (Å²) in [6.07, 6.45) is 6.57. The van der Waals surface area contributed by atoms with E-state index in [2.05, 4.69) is 27.5 Å². The van der Waals surface area contributed by atoms with Crippen LogP contribution in [0.3, 0.4) is 0 Å². The minimum absolute atomic E-state index is 0.210. The van der Waals surface area contributed by atoms with Crippen LogP contribution in [-0.2, 0) is 6.42 Å². The molecule has 5 heteroatoms. The highest BCUT2D eigenvalue weighted by molar-refractivity contribution is 5.83. The third-order valence-electron chi connectivity index (χ3n) is 4.17. The lowest BCUT2D eigenvalue weighted by atomic mass is 9.93. The van der Waals surface area contributed by atoms with E-state index >= 15 is 0 Å². The zero-order chi connectivity index (χ0) is 15.4. The van der Waals surface area contributed by atoms with E-state index < -0.39 is 0 Å². The van der Waals surface area contributed by atoms with Gasteiger partial charge in [0.1, 0.15) is 5.82 Å². The Labute approximate surface area is 130 Å². The maximum atomic E-state index is 13.2. The summed E-state index contributed by atoms with van der Waals surface area (Å²) in [6, 6.07) is 5.45. The zero-order valence-electron chi connectivity index (χ0n) is 13.0. The molecule has 4 nitrogen and oxygen atoms in total. The van der Waals surface area contributed by atoms with Crippen molar-refractivity contribution < 1.29 is 4.39 Å². The maximum absolute atomic E-state index is 13.2. The Morgan fingerprint density at radius 2 is 2.27 bits per heavy atom. The highest BCUT2D eigenvalue weighted by Crippen LogP contribution is 2.20. The van der Waals surface area contributed by atoms with Gasteiger partial charge in [0.15, 0.2) is 5.96 Å². The van der Waals surface area contributed by atoms with Gasteiger partial charge in [-0.1, -0.05) is 0 Å². The molecule has 1 aromatic heterocycles. The summed E-state index contributed by atoms with van der Waals surface area (Å²) >= 11 is 0. The summed E-state index contributed by atoms with van der Waals surface area (Å²) in [7, 11) is 0. The quantitative estimate of drug-likeness (QED) is 0.587. The Kier molecular flexibility index (Phi) is 4.61. The van der Waals surface area contributed by atoms with Gasteiger partial charge in [0.05, 0.1) is 0 Å². The lowest BCUT2D eigenvalue weighted by Crippen LogP contribution is -2.46. The molecule has 1 fully saturated rings. The van der Waals surface area contributed by atoms with Crippen LogP contribution in [0.4, 0.5) is 4.39 Å². The topological polar surface area (TPSA) is 52.2 Å². The minimum Gasteiger partial charge on any atom is -0.361 e. The van der Waals surface area contributed by atoms with Gasteiger partial charge in [-0.2, -0.15) is 0 Å². The second kappa shape index (κ2) is 6.81.